The first-order valence-electron chi connectivity index (χ1n) is 7.57. The topological polar surface area (TPSA) is 59.2 Å². The van der Waals surface area contributed by atoms with Crippen LogP contribution in [0.25, 0.3) is 0 Å². The van der Waals surface area contributed by atoms with Crippen molar-refractivity contribution in [2.45, 2.75) is 56.1 Å². The molecule has 3 rings (SSSR count). The van der Waals surface area contributed by atoms with Gasteiger partial charge in [0.15, 0.2) is 0 Å². The summed E-state index contributed by atoms with van der Waals surface area (Å²) in [6.07, 6.45) is 8.38. The maximum Gasteiger partial charge on any atom is 0.277 e. The van der Waals surface area contributed by atoms with Crippen molar-refractivity contribution in [1.29, 1.82) is 0 Å². The Hall–Kier alpha value is -1.04. The first-order chi connectivity index (χ1) is 9.83. The van der Waals surface area contributed by atoms with Crippen LogP contribution in [0, 0.1) is 0 Å². The number of hydrogen-bond donors (Lipinski definition) is 0. The van der Waals surface area contributed by atoms with Crippen LogP contribution in [0.1, 0.15) is 56.8 Å². The van der Waals surface area contributed by atoms with E-state index in [1.54, 1.807) is 0 Å². The molecule has 1 aromatic rings. The average Bonchev–Trinajstić information content (AvgIpc) is 3.17. The summed E-state index contributed by atoms with van der Waals surface area (Å²) in [7, 11) is 0. The summed E-state index contributed by atoms with van der Waals surface area (Å²) in [5, 5.41) is 8.76. The molecule has 0 bridgehead atoms. The van der Waals surface area contributed by atoms with Gasteiger partial charge >= 0.3 is 0 Å². The van der Waals surface area contributed by atoms with Gasteiger partial charge in [0.05, 0.1) is 5.75 Å². The van der Waals surface area contributed by atoms with Crippen LogP contribution < -0.4 is 0 Å². The molecule has 0 aromatic carbocycles. The van der Waals surface area contributed by atoms with E-state index >= 15 is 0 Å². The number of thioether (sulfide) groups is 1. The Bertz CT molecular complexity index is 451. The van der Waals surface area contributed by atoms with Gasteiger partial charge in [-0.2, -0.15) is 0 Å². The molecule has 0 unspecified atom stereocenters. The zero-order valence-electron chi connectivity index (χ0n) is 11.7. The molecule has 1 aromatic heterocycles. The highest BCUT2D eigenvalue weighted by atomic mass is 32.2. The third-order valence-electron chi connectivity index (χ3n) is 4.15. The van der Waals surface area contributed by atoms with E-state index in [1.807, 2.05) is 4.90 Å². The van der Waals surface area contributed by atoms with Crippen LogP contribution in [0.4, 0.5) is 0 Å². The van der Waals surface area contributed by atoms with Crippen molar-refractivity contribution in [3.05, 3.63) is 5.89 Å². The molecule has 2 heterocycles. The highest BCUT2D eigenvalue weighted by molar-refractivity contribution is 7.99. The molecule has 1 aliphatic carbocycles. The average molecular weight is 295 g/mol. The fourth-order valence-electron chi connectivity index (χ4n) is 2.97. The highest BCUT2D eigenvalue weighted by Crippen LogP contribution is 2.32. The van der Waals surface area contributed by atoms with E-state index in [-0.39, 0.29) is 5.91 Å². The second-order valence-electron chi connectivity index (χ2n) is 5.62. The fourth-order valence-corrected chi connectivity index (χ4v) is 3.65. The number of carbonyl (C=O) groups excluding carboxylic acids is 1. The van der Waals surface area contributed by atoms with Crippen molar-refractivity contribution in [2.75, 3.05) is 18.8 Å². The van der Waals surface area contributed by atoms with Crippen LogP contribution in [-0.2, 0) is 4.79 Å². The van der Waals surface area contributed by atoms with Gasteiger partial charge in [0, 0.05) is 19.0 Å². The lowest BCUT2D eigenvalue weighted by atomic mass is 9.89. The number of aromatic nitrogens is 2. The normalized spacial score (nSPS) is 20.5. The smallest absolute Gasteiger partial charge is 0.277 e. The minimum absolute atomic E-state index is 0.185. The molecule has 0 radical (unpaired) electrons. The molecule has 0 atom stereocenters. The van der Waals surface area contributed by atoms with Crippen LogP contribution in [0.15, 0.2) is 9.64 Å². The summed E-state index contributed by atoms with van der Waals surface area (Å²) in [4.78, 5) is 13.9. The van der Waals surface area contributed by atoms with Crippen LogP contribution in [-0.4, -0.2) is 39.8 Å². The first kappa shape index (κ1) is 13.9. The quantitative estimate of drug-likeness (QED) is 0.799. The van der Waals surface area contributed by atoms with Crippen LogP contribution in [0.3, 0.4) is 0 Å². The van der Waals surface area contributed by atoms with Crippen molar-refractivity contribution >= 4 is 17.7 Å². The van der Waals surface area contributed by atoms with E-state index in [1.165, 1.54) is 31.0 Å². The van der Waals surface area contributed by atoms with Gasteiger partial charge in [-0.05, 0) is 25.7 Å². The summed E-state index contributed by atoms with van der Waals surface area (Å²) in [6.45, 7) is 1.80. The molecule has 0 spiro atoms. The van der Waals surface area contributed by atoms with Gasteiger partial charge in [0.1, 0.15) is 0 Å². The van der Waals surface area contributed by atoms with E-state index in [0.717, 1.165) is 44.7 Å². The van der Waals surface area contributed by atoms with Gasteiger partial charge in [-0.25, -0.2) is 0 Å². The van der Waals surface area contributed by atoms with E-state index in [9.17, 15) is 4.79 Å². The molecule has 1 saturated carbocycles. The molecule has 2 aliphatic rings. The lowest BCUT2D eigenvalue weighted by Crippen LogP contribution is -2.29. The van der Waals surface area contributed by atoms with Crippen molar-refractivity contribution in [2.24, 2.45) is 0 Å². The van der Waals surface area contributed by atoms with E-state index in [0.29, 0.717) is 16.9 Å². The van der Waals surface area contributed by atoms with Crippen LogP contribution in [0.5, 0.6) is 0 Å². The number of likely N-dealkylation sites (tertiary alicyclic amines) is 1. The summed E-state index contributed by atoms with van der Waals surface area (Å²) >= 11 is 1.37. The largest absolute Gasteiger partial charge is 0.416 e. The van der Waals surface area contributed by atoms with Crippen molar-refractivity contribution in [1.82, 2.24) is 15.1 Å². The molecule has 2 fully saturated rings. The molecule has 1 saturated heterocycles. The fraction of sp³-hybridized carbons (Fsp3) is 0.786. The standard InChI is InChI=1S/C14H21N3O2S/c18-12(17-8-4-5-9-17)10-20-14-16-15-13(19-14)11-6-2-1-3-7-11/h11H,1-10H2. The molecule has 5 nitrogen and oxygen atoms in total. The number of hydrogen-bond acceptors (Lipinski definition) is 5. The summed E-state index contributed by atoms with van der Waals surface area (Å²) in [5.74, 6) is 1.79. The second kappa shape index (κ2) is 6.61. The lowest BCUT2D eigenvalue weighted by molar-refractivity contribution is -0.127. The van der Waals surface area contributed by atoms with Gasteiger partial charge in [-0.3, -0.25) is 4.79 Å². The lowest BCUT2D eigenvalue weighted by Gasteiger charge is -2.17. The Morgan fingerprint density at radius 1 is 1.15 bits per heavy atom. The van der Waals surface area contributed by atoms with Gasteiger partial charge < -0.3 is 9.32 Å². The maximum absolute atomic E-state index is 11.9. The zero-order chi connectivity index (χ0) is 13.8. The van der Waals surface area contributed by atoms with Crippen LogP contribution >= 0.6 is 11.8 Å². The van der Waals surface area contributed by atoms with Gasteiger partial charge in [-0.15, -0.1) is 10.2 Å². The molecule has 20 heavy (non-hydrogen) atoms. The Kier molecular flexibility index (Phi) is 4.60. The molecular weight excluding hydrogens is 274 g/mol. The van der Waals surface area contributed by atoms with E-state index in [4.69, 9.17) is 4.42 Å². The predicted molar refractivity (Wildman–Crippen MR) is 76.7 cm³/mol. The van der Waals surface area contributed by atoms with E-state index in [2.05, 4.69) is 10.2 Å². The first-order valence-corrected chi connectivity index (χ1v) is 8.55. The second-order valence-corrected chi connectivity index (χ2v) is 6.54. The Labute approximate surface area is 123 Å². The molecule has 1 aliphatic heterocycles. The Morgan fingerprint density at radius 2 is 1.90 bits per heavy atom. The molecule has 1 amide bonds. The number of carbonyl (C=O) groups is 1. The van der Waals surface area contributed by atoms with Crippen molar-refractivity contribution in [3.8, 4) is 0 Å². The van der Waals surface area contributed by atoms with E-state index < -0.39 is 0 Å². The van der Waals surface area contributed by atoms with Gasteiger partial charge in [0.25, 0.3) is 5.22 Å². The van der Waals surface area contributed by atoms with Crippen molar-refractivity contribution in [3.63, 3.8) is 0 Å². The monoisotopic (exact) mass is 295 g/mol. The molecule has 6 heteroatoms. The maximum atomic E-state index is 11.9. The number of rotatable bonds is 4. The number of nitrogens with zero attached hydrogens (tertiary/aromatic N) is 3. The Balaban J connectivity index is 1.50. The SMILES string of the molecule is O=C(CSc1nnc(C2CCCCC2)o1)N1CCCC1. The third-order valence-corrected chi connectivity index (χ3v) is 4.96. The highest BCUT2D eigenvalue weighted by Gasteiger charge is 2.22. The van der Waals surface area contributed by atoms with Crippen LogP contribution in [0.2, 0.25) is 0 Å². The summed E-state index contributed by atoms with van der Waals surface area (Å²) in [6, 6.07) is 0. The summed E-state index contributed by atoms with van der Waals surface area (Å²) in [5.41, 5.74) is 0. The third kappa shape index (κ3) is 3.34. The zero-order valence-corrected chi connectivity index (χ0v) is 12.5. The number of amides is 1. The van der Waals surface area contributed by atoms with Crippen molar-refractivity contribution < 1.29 is 9.21 Å². The van der Waals surface area contributed by atoms with Gasteiger partial charge in [0.2, 0.25) is 11.8 Å². The predicted octanol–water partition coefficient (Wildman–Crippen LogP) is 2.83. The molecule has 0 N–H and O–H groups in total. The van der Waals surface area contributed by atoms with Gasteiger partial charge in [-0.1, -0.05) is 31.0 Å². The Morgan fingerprint density at radius 3 is 2.65 bits per heavy atom. The molecule has 110 valence electrons. The minimum Gasteiger partial charge on any atom is -0.416 e. The summed E-state index contributed by atoms with van der Waals surface area (Å²) < 4.78 is 5.71. The molecular formula is C14H21N3O2S. The minimum atomic E-state index is 0.185.